The van der Waals surface area contributed by atoms with Gasteiger partial charge in [0.25, 0.3) is 0 Å². The lowest BCUT2D eigenvalue weighted by Crippen LogP contribution is -2.42. The predicted octanol–water partition coefficient (Wildman–Crippen LogP) is 4.09. The van der Waals surface area contributed by atoms with Gasteiger partial charge < -0.3 is 40.9 Å². The van der Waals surface area contributed by atoms with E-state index in [-0.39, 0.29) is 47.4 Å². The molecule has 0 fully saturated rings. The lowest BCUT2D eigenvalue weighted by atomic mass is 9.70. The number of benzene rings is 4. The third kappa shape index (κ3) is 6.96. The van der Waals surface area contributed by atoms with Gasteiger partial charge in [-0.1, -0.05) is 30.3 Å². The molecule has 2 atom stereocenters. The molecule has 0 saturated carbocycles. The first-order valence-corrected chi connectivity index (χ1v) is 14.4. The third-order valence-electron chi connectivity index (χ3n) is 7.89. The highest BCUT2D eigenvalue weighted by molar-refractivity contribution is 6.06. The zero-order chi connectivity index (χ0) is 32.1. The Morgan fingerprint density at radius 2 is 1.31 bits per heavy atom. The summed E-state index contributed by atoms with van der Waals surface area (Å²) < 4.78 is 5.32. The number of phenolic OH excluding ortho intramolecular Hbond substituents is 5. The van der Waals surface area contributed by atoms with Gasteiger partial charge in [0.15, 0.2) is 23.0 Å². The normalized spacial score (nSPS) is 15.4. The van der Waals surface area contributed by atoms with E-state index < -0.39 is 29.4 Å². The molecule has 4 aromatic rings. The zero-order valence-corrected chi connectivity index (χ0v) is 24.5. The number of ether oxygens (including phenoxy) is 1. The van der Waals surface area contributed by atoms with Crippen LogP contribution in [0.25, 0.3) is 6.08 Å². The van der Waals surface area contributed by atoms with Gasteiger partial charge in [0, 0.05) is 24.6 Å². The van der Waals surface area contributed by atoms with Crippen LogP contribution in [0.2, 0.25) is 0 Å². The molecule has 2 amide bonds. The molecule has 0 heterocycles. The number of nitrogens with one attached hydrogen (secondary N) is 2. The Labute approximate surface area is 259 Å². The van der Waals surface area contributed by atoms with Crippen molar-refractivity contribution in [2.75, 3.05) is 20.2 Å². The summed E-state index contributed by atoms with van der Waals surface area (Å²) in [4.78, 5) is 27.9. The average molecular weight is 611 g/mol. The van der Waals surface area contributed by atoms with Gasteiger partial charge in [-0.05, 0) is 95.3 Å². The van der Waals surface area contributed by atoms with Crippen molar-refractivity contribution in [2.45, 2.75) is 18.8 Å². The fraction of sp³-hybridized carbons (Fsp3) is 0.200. The molecule has 0 saturated heterocycles. The van der Waals surface area contributed by atoms with Crippen LogP contribution >= 0.6 is 0 Å². The van der Waals surface area contributed by atoms with Crippen LogP contribution in [0.5, 0.6) is 34.5 Å². The second-order valence-corrected chi connectivity index (χ2v) is 10.8. The molecular weight excluding hydrogens is 576 g/mol. The number of carbonyl (C=O) groups is 2. The maximum atomic E-state index is 14.0. The Morgan fingerprint density at radius 3 is 1.89 bits per heavy atom. The quantitative estimate of drug-likeness (QED) is 0.132. The van der Waals surface area contributed by atoms with Crippen LogP contribution < -0.4 is 15.4 Å². The molecule has 5 rings (SSSR count). The third-order valence-corrected chi connectivity index (χ3v) is 7.89. The van der Waals surface area contributed by atoms with Gasteiger partial charge in [0.05, 0.1) is 13.0 Å². The summed E-state index contributed by atoms with van der Waals surface area (Å²) >= 11 is 0. The fourth-order valence-electron chi connectivity index (χ4n) is 5.57. The number of hydrogen-bond acceptors (Lipinski definition) is 8. The summed E-state index contributed by atoms with van der Waals surface area (Å²) in [6, 6.07) is 20.6. The van der Waals surface area contributed by atoms with E-state index in [4.69, 9.17) is 4.74 Å². The monoisotopic (exact) mass is 610 g/mol. The van der Waals surface area contributed by atoms with Crippen molar-refractivity contribution in [3.63, 3.8) is 0 Å². The van der Waals surface area contributed by atoms with E-state index in [0.29, 0.717) is 29.5 Å². The van der Waals surface area contributed by atoms with Crippen LogP contribution in [0, 0.1) is 5.92 Å². The van der Waals surface area contributed by atoms with Crippen molar-refractivity contribution in [3.05, 3.63) is 112 Å². The number of amides is 2. The molecule has 10 heteroatoms. The topological polar surface area (TPSA) is 169 Å². The maximum Gasteiger partial charge on any atom is 0.248 e. The Bertz CT molecular complexity index is 1730. The van der Waals surface area contributed by atoms with Crippen molar-refractivity contribution in [2.24, 2.45) is 5.92 Å². The molecule has 1 aliphatic carbocycles. The van der Waals surface area contributed by atoms with Crippen molar-refractivity contribution < 1.29 is 39.9 Å². The summed E-state index contributed by atoms with van der Waals surface area (Å²) in [5.74, 6) is -3.28. The zero-order valence-electron chi connectivity index (χ0n) is 24.5. The molecule has 45 heavy (non-hydrogen) atoms. The largest absolute Gasteiger partial charge is 0.508 e. The van der Waals surface area contributed by atoms with Crippen molar-refractivity contribution in [1.82, 2.24) is 10.6 Å². The highest BCUT2D eigenvalue weighted by Crippen LogP contribution is 2.47. The number of hydrogen-bond donors (Lipinski definition) is 7. The Kier molecular flexibility index (Phi) is 9.13. The van der Waals surface area contributed by atoms with Crippen LogP contribution in [-0.2, 0) is 22.4 Å². The lowest BCUT2D eigenvalue weighted by Gasteiger charge is -2.34. The van der Waals surface area contributed by atoms with Gasteiger partial charge in [-0.3, -0.25) is 9.59 Å². The van der Waals surface area contributed by atoms with Gasteiger partial charge >= 0.3 is 0 Å². The molecule has 0 aromatic heterocycles. The molecular formula is C35H34N2O8. The molecule has 0 aliphatic heterocycles. The molecule has 0 spiro atoms. The number of fused-ring (bicyclic) bond motifs is 1. The minimum atomic E-state index is -1.08. The highest BCUT2D eigenvalue weighted by Gasteiger charge is 2.41. The van der Waals surface area contributed by atoms with E-state index in [0.717, 1.165) is 11.1 Å². The van der Waals surface area contributed by atoms with Gasteiger partial charge in [-0.25, -0.2) is 0 Å². The highest BCUT2D eigenvalue weighted by atomic mass is 16.5. The molecule has 10 nitrogen and oxygen atoms in total. The molecule has 0 bridgehead atoms. The Hall–Kier alpha value is -5.64. The van der Waals surface area contributed by atoms with E-state index in [1.807, 2.05) is 0 Å². The second-order valence-electron chi connectivity index (χ2n) is 10.8. The van der Waals surface area contributed by atoms with Crippen LogP contribution in [0.15, 0.2) is 84.4 Å². The van der Waals surface area contributed by atoms with E-state index in [1.54, 1.807) is 66.7 Å². The minimum absolute atomic E-state index is 0.134. The Morgan fingerprint density at radius 1 is 0.711 bits per heavy atom. The van der Waals surface area contributed by atoms with Gasteiger partial charge in [0.2, 0.25) is 11.8 Å². The smallest absolute Gasteiger partial charge is 0.248 e. The number of carbonyl (C=O) groups excluding carboxylic acids is 2. The molecule has 4 aromatic carbocycles. The first kappa shape index (κ1) is 30.8. The van der Waals surface area contributed by atoms with Crippen molar-refractivity contribution in [3.8, 4) is 34.5 Å². The van der Waals surface area contributed by atoms with E-state index in [9.17, 15) is 35.1 Å². The van der Waals surface area contributed by atoms with Crippen LogP contribution in [0.4, 0.5) is 0 Å². The summed E-state index contributed by atoms with van der Waals surface area (Å²) in [6.07, 6.45) is 2.56. The second kappa shape index (κ2) is 13.3. The SMILES string of the molecule is COc1cc2c(cc1O)C(c1ccc(O)c(O)c1)C(C(=O)NCCc1ccc(O)cc1)C(C(=O)NCCc1ccc(O)cc1)=C2. The standard InChI is InChI=1S/C35H34N2O8/c1-45-31-18-23-16-27(34(43)36-14-12-20-2-7-24(38)8-3-20)33(35(44)37-15-13-21-4-9-25(39)10-5-21)32(26(23)19-30(31)42)22-6-11-28(40)29(41)17-22/h2-11,16-19,32-33,38-42H,12-15H2,1H3,(H,36,43)(H,37,44). The molecule has 232 valence electrons. The first-order chi connectivity index (χ1) is 21.6. The number of phenols is 5. The van der Waals surface area contributed by atoms with Crippen LogP contribution in [0.1, 0.15) is 33.7 Å². The molecule has 7 N–H and O–H groups in total. The predicted molar refractivity (Wildman–Crippen MR) is 167 cm³/mol. The molecule has 2 unspecified atom stereocenters. The Balaban J connectivity index is 1.51. The maximum absolute atomic E-state index is 14.0. The summed E-state index contributed by atoms with van der Waals surface area (Å²) in [7, 11) is 1.41. The van der Waals surface area contributed by atoms with Crippen LogP contribution in [0.3, 0.4) is 0 Å². The summed E-state index contributed by atoms with van der Waals surface area (Å²) in [6.45, 7) is 0.497. The van der Waals surface area contributed by atoms with E-state index in [2.05, 4.69) is 10.6 Å². The molecule has 0 radical (unpaired) electrons. The van der Waals surface area contributed by atoms with E-state index in [1.165, 1.54) is 25.3 Å². The number of methoxy groups -OCH3 is 1. The first-order valence-electron chi connectivity index (χ1n) is 14.4. The lowest BCUT2D eigenvalue weighted by molar-refractivity contribution is -0.127. The van der Waals surface area contributed by atoms with Gasteiger partial charge in [0.1, 0.15) is 11.5 Å². The van der Waals surface area contributed by atoms with Gasteiger partial charge in [-0.15, -0.1) is 0 Å². The minimum Gasteiger partial charge on any atom is -0.508 e. The summed E-state index contributed by atoms with van der Waals surface area (Å²) in [5, 5.41) is 56.1. The van der Waals surface area contributed by atoms with E-state index >= 15 is 0 Å². The van der Waals surface area contributed by atoms with Crippen molar-refractivity contribution >= 4 is 17.9 Å². The number of aromatic hydroxyl groups is 5. The van der Waals surface area contributed by atoms with Crippen molar-refractivity contribution in [1.29, 1.82) is 0 Å². The number of rotatable bonds is 10. The summed E-state index contributed by atoms with van der Waals surface area (Å²) in [5.41, 5.74) is 3.47. The van der Waals surface area contributed by atoms with Gasteiger partial charge in [-0.2, -0.15) is 0 Å². The fourth-order valence-corrected chi connectivity index (χ4v) is 5.57. The average Bonchev–Trinajstić information content (AvgIpc) is 3.03. The molecule has 1 aliphatic rings. The van der Waals surface area contributed by atoms with Crippen LogP contribution in [-0.4, -0.2) is 57.5 Å².